The molecule has 4 nitrogen and oxygen atoms in total. The molecule has 0 radical (unpaired) electrons. The van der Waals surface area contributed by atoms with Crippen LogP contribution in [0.1, 0.15) is 17.3 Å². The lowest BCUT2D eigenvalue weighted by Gasteiger charge is -2.12. The minimum Gasteiger partial charge on any atom is -0.493 e. The van der Waals surface area contributed by atoms with Gasteiger partial charge in [-0.05, 0) is 48.0 Å². The van der Waals surface area contributed by atoms with Gasteiger partial charge >= 0.3 is 0 Å². The zero-order valence-electron chi connectivity index (χ0n) is 14.3. The molecule has 0 spiro atoms. The van der Waals surface area contributed by atoms with Crippen molar-refractivity contribution < 1.29 is 19.0 Å². The number of Topliss-reactive ketones (excluding diaryl/α,β-unsaturated/α-hetero) is 1. The second kappa shape index (κ2) is 7.71. The molecule has 0 unspecified atom stereocenters. The molecule has 0 atom stereocenters. The summed E-state index contributed by atoms with van der Waals surface area (Å²) in [5.74, 6) is 1.93. The number of carbonyl (C=O) groups is 1. The molecule has 0 aliphatic carbocycles. The molecule has 0 aliphatic heterocycles. The van der Waals surface area contributed by atoms with E-state index in [1.54, 1.807) is 25.3 Å². The van der Waals surface area contributed by atoms with Crippen LogP contribution in [0, 0.1) is 0 Å². The lowest BCUT2D eigenvalue weighted by molar-refractivity contribution is 0.101. The van der Waals surface area contributed by atoms with E-state index in [1.165, 1.54) is 12.3 Å². The highest BCUT2D eigenvalue weighted by Crippen LogP contribution is 2.28. The number of fused-ring (bicyclic) bond motifs is 1. The maximum atomic E-state index is 11.4. The van der Waals surface area contributed by atoms with Crippen LogP contribution in [-0.2, 0) is 0 Å². The lowest BCUT2D eigenvalue weighted by atomic mass is 10.1. The Morgan fingerprint density at radius 2 is 1.60 bits per heavy atom. The summed E-state index contributed by atoms with van der Waals surface area (Å²) in [5.41, 5.74) is 0.594. The second-order valence-corrected chi connectivity index (χ2v) is 5.63. The highest BCUT2D eigenvalue weighted by Gasteiger charge is 2.08. The maximum Gasteiger partial charge on any atom is 0.161 e. The fourth-order valence-electron chi connectivity index (χ4n) is 2.57. The summed E-state index contributed by atoms with van der Waals surface area (Å²) in [6, 6.07) is 19.3. The average molecular weight is 336 g/mol. The van der Waals surface area contributed by atoms with E-state index in [-0.39, 0.29) is 5.78 Å². The molecule has 4 heteroatoms. The Hall–Kier alpha value is -3.01. The number of methoxy groups -OCH3 is 1. The Morgan fingerprint density at radius 1 is 0.840 bits per heavy atom. The number of ether oxygens (including phenoxy) is 3. The summed E-state index contributed by atoms with van der Waals surface area (Å²) in [7, 11) is 1.55. The van der Waals surface area contributed by atoms with Gasteiger partial charge in [0.05, 0.1) is 7.11 Å². The van der Waals surface area contributed by atoms with Crippen molar-refractivity contribution in [1.82, 2.24) is 0 Å². The summed E-state index contributed by atoms with van der Waals surface area (Å²) in [6.07, 6.45) is 0. The van der Waals surface area contributed by atoms with Gasteiger partial charge in [-0.3, -0.25) is 4.79 Å². The summed E-state index contributed by atoms with van der Waals surface area (Å²) in [5, 5.41) is 2.32. The maximum absolute atomic E-state index is 11.4. The number of rotatable bonds is 7. The zero-order valence-corrected chi connectivity index (χ0v) is 14.3. The van der Waals surface area contributed by atoms with E-state index in [2.05, 4.69) is 12.1 Å². The minimum absolute atomic E-state index is 0.00973. The van der Waals surface area contributed by atoms with E-state index in [4.69, 9.17) is 14.2 Å². The fourth-order valence-corrected chi connectivity index (χ4v) is 2.57. The molecule has 0 saturated heterocycles. The molecule has 25 heavy (non-hydrogen) atoms. The number of ketones is 1. The van der Waals surface area contributed by atoms with Gasteiger partial charge in [0.2, 0.25) is 0 Å². The van der Waals surface area contributed by atoms with Gasteiger partial charge in [0.15, 0.2) is 17.3 Å². The van der Waals surface area contributed by atoms with Crippen molar-refractivity contribution >= 4 is 16.6 Å². The Bertz CT molecular complexity index is 886. The number of hydrogen-bond donors (Lipinski definition) is 0. The van der Waals surface area contributed by atoms with E-state index >= 15 is 0 Å². The molecule has 3 aromatic rings. The number of benzene rings is 3. The predicted molar refractivity (Wildman–Crippen MR) is 97.9 cm³/mol. The molecule has 0 saturated carbocycles. The smallest absolute Gasteiger partial charge is 0.161 e. The van der Waals surface area contributed by atoms with Crippen molar-refractivity contribution in [1.29, 1.82) is 0 Å². The second-order valence-electron chi connectivity index (χ2n) is 5.63. The van der Waals surface area contributed by atoms with E-state index < -0.39 is 0 Å². The number of hydrogen-bond acceptors (Lipinski definition) is 4. The van der Waals surface area contributed by atoms with Crippen molar-refractivity contribution in [3.8, 4) is 17.2 Å². The molecule has 0 aromatic heterocycles. The molecule has 0 heterocycles. The van der Waals surface area contributed by atoms with E-state index in [9.17, 15) is 4.79 Å². The average Bonchev–Trinajstić information content (AvgIpc) is 2.65. The molecule has 0 aliphatic rings. The van der Waals surface area contributed by atoms with Crippen LogP contribution < -0.4 is 14.2 Å². The van der Waals surface area contributed by atoms with E-state index in [0.717, 1.165) is 11.1 Å². The Kier molecular flexibility index (Phi) is 5.19. The zero-order chi connectivity index (χ0) is 17.6. The molecule has 0 fully saturated rings. The van der Waals surface area contributed by atoms with Crippen molar-refractivity contribution in [3.05, 3.63) is 66.2 Å². The fraction of sp³-hybridized carbons (Fsp3) is 0.190. The normalized spacial score (nSPS) is 10.5. The summed E-state index contributed by atoms with van der Waals surface area (Å²) in [4.78, 5) is 11.4. The van der Waals surface area contributed by atoms with Crippen molar-refractivity contribution in [2.75, 3.05) is 20.3 Å². The first-order chi connectivity index (χ1) is 12.2. The van der Waals surface area contributed by atoms with Gasteiger partial charge < -0.3 is 14.2 Å². The molecule has 0 bridgehead atoms. The third-order valence-corrected chi connectivity index (χ3v) is 3.90. The molecule has 0 N–H and O–H groups in total. The van der Waals surface area contributed by atoms with Crippen LogP contribution in [0.15, 0.2) is 60.7 Å². The van der Waals surface area contributed by atoms with E-state index in [0.29, 0.717) is 30.3 Å². The molecular weight excluding hydrogens is 316 g/mol. The first kappa shape index (κ1) is 16.8. The van der Waals surface area contributed by atoms with Gasteiger partial charge in [0.1, 0.15) is 19.0 Å². The monoisotopic (exact) mass is 336 g/mol. The lowest BCUT2D eigenvalue weighted by Crippen LogP contribution is -2.09. The molecule has 3 rings (SSSR count). The van der Waals surface area contributed by atoms with Crippen molar-refractivity contribution in [2.45, 2.75) is 6.92 Å². The standard InChI is InChI=1S/C21H20O4/c1-15(22)17-8-10-20(21(14-17)23-2)25-12-11-24-19-9-7-16-5-3-4-6-18(16)13-19/h3-10,13-14H,11-12H2,1-2H3. The van der Waals surface area contributed by atoms with Gasteiger partial charge in [-0.2, -0.15) is 0 Å². The third kappa shape index (κ3) is 4.10. The van der Waals surface area contributed by atoms with Crippen LogP contribution in [0.3, 0.4) is 0 Å². The molecular formula is C21H20O4. The van der Waals surface area contributed by atoms with Gasteiger partial charge in [-0.25, -0.2) is 0 Å². The molecule has 3 aromatic carbocycles. The SMILES string of the molecule is COc1cc(C(C)=O)ccc1OCCOc1ccc2ccccc2c1. The van der Waals surface area contributed by atoms with Crippen LogP contribution in [0.5, 0.6) is 17.2 Å². The Labute approximate surface area is 146 Å². The summed E-state index contributed by atoms with van der Waals surface area (Å²) >= 11 is 0. The van der Waals surface area contributed by atoms with Crippen LogP contribution in [-0.4, -0.2) is 26.1 Å². The van der Waals surface area contributed by atoms with Crippen LogP contribution in [0.4, 0.5) is 0 Å². The van der Waals surface area contributed by atoms with Crippen LogP contribution in [0.25, 0.3) is 10.8 Å². The number of carbonyl (C=O) groups excluding carboxylic acids is 1. The van der Waals surface area contributed by atoms with E-state index in [1.807, 2.05) is 30.3 Å². The van der Waals surface area contributed by atoms with Gasteiger partial charge in [-0.15, -0.1) is 0 Å². The Morgan fingerprint density at radius 3 is 2.36 bits per heavy atom. The van der Waals surface area contributed by atoms with Gasteiger partial charge in [-0.1, -0.05) is 30.3 Å². The summed E-state index contributed by atoms with van der Waals surface area (Å²) < 4.78 is 16.7. The minimum atomic E-state index is -0.00973. The van der Waals surface area contributed by atoms with Crippen molar-refractivity contribution in [3.63, 3.8) is 0 Å². The predicted octanol–water partition coefficient (Wildman–Crippen LogP) is 4.51. The molecule has 128 valence electrons. The topological polar surface area (TPSA) is 44.8 Å². The quantitative estimate of drug-likeness (QED) is 0.470. The molecule has 0 amide bonds. The van der Waals surface area contributed by atoms with Gasteiger partial charge in [0.25, 0.3) is 0 Å². The first-order valence-corrected chi connectivity index (χ1v) is 8.11. The third-order valence-electron chi connectivity index (χ3n) is 3.90. The van der Waals surface area contributed by atoms with Crippen LogP contribution >= 0.6 is 0 Å². The highest BCUT2D eigenvalue weighted by atomic mass is 16.5. The Balaban J connectivity index is 1.58. The summed E-state index contributed by atoms with van der Waals surface area (Å²) in [6.45, 7) is 2.31. The van der Waals surface area contributed by atoms with Crippen molar-refractivity contribution in [2.24, 2.45) is 0 Å². The highest BCUT2D eigenvalue weighted by molar-refractivity contribution is 5.94. The van der Waals surface area contributed by atoms with Crippen LogP contribution in [0.2, 0.25) is 0 Å². The first-order valence-electron chi connectivity index (χ1n) is 8.11. The van der Waals surface area contributed by atoms with Gasteiger partial charge in [0, 0.05) is 5.56 Å². The largest absolute Gasteiger partial charge is 0.493 e.